The molecule has 112 valence electrons. The summed E-state index contributed by atoms with van der Waals surface area (Å²) in [4.78, 5) is 4.46. The van der Waals surface area contributed by atoms with Gasteiger partial charge in [-0.05, 0) is 31.4 Å². The minimum absolute atomic E-state index is 0.466. The van der Waals surface area contributed by atoms with Crippen LogP contribution in [0.3, 0.4) is 0 Å². The van der Waals surface area contributed by atoms with E-state index in [4.69, 9.17) is 4.74 Å². The number of benzene rings is 1. The molecule has 0 spiro atoms. The maximum Gasteiger partial charge on any atom is 0.191 e. The number of nitrogens with zero attached hydrogens (tertiary/aromatic N) is 1. The van der Waals surface area contributed by atoms with Crippen molar-refractivity contribution in [1.82, 2.24) is 10.6 Å². The molecule has 0 fully saturated rings. The van der Waals surface area contributed by atoms with Gasteiger partial charge in [-0.15, -0.1) is 0 Å². The van der Waals surface area contributed by atoms with Crippen LogP contribution in [0.25, 0.3) is 0 Å². The van der Waals surface area contributed by atoms with Crippen LogP contribution >= 0.6 is 0 Å². The molecule has 0 aliphatic carbocycles. The van der Waals surface area contributed by atoms with Crippen LogP contribution in [0.5, 0.6) is 5.75 Å². The van der Waals surface area contributed by atoms with E-state index in [0.29, 0.717) is 19.1 Å². The molecule has 1 aromatic carbocycles. The molecule has 0 saturated carbocycles. The van der Waals surface area contributed by atoms with Crippen LogP contribution < -0.4 is 15.4 Å². The molecule has 1 aromatic rings. The fourth-order valence-corrected chi connectivity index (χ4v) is 1.91. The zero-order valence-electron chi connectivity index (χ0n) is 13.1. The average Bonchev–Trinajstić information content (AvgIpc) is 2.44. The molecule has 4 nitrogen and oxygen atoms in total. The van der Waals surface area contributed by atoms with E-state index in [1.165, 1.54) is 5.56 Å². The lowest BCUT2D eigenvalue weighted by Crippen LogP contribution is -2.37. The van der Waals surface area contributed by atoms with E-state index < -0.39 is 0 Å². The molecule has 0 unspecified atom stereocenters. The number of rotatable bonds is 7. The van der Waals surface area contributed by atoms with Crippen molar-refractivity contribution < 1.29 is 4.74 Å². The van der Waals surface area contributed by atoms with Gasteiger partial charge in [0.15, 0.2) is 5.96 Å². The summed E-state index contributed by atoms with van der Waals surface area (Å²) >= 11 is 0. The normalized spacial score (nSPS) is 10.2. The minimum Gasteiger partial charge on any atom is -0.491 e. The molecule has 1 rings (SSSR count). The van der Waals surface area contributed by atoms with Gasteiger partial charge in [0.1, 0.15) is 12.4 Å². The first-order chi connectivity index (χ1) is 9.69. The number of para-hydroxylation sites is 1. The Bertz CT molecular complexity index is 408. The lowest BCUT2D eigenvalue weighted by molar-refractivity contribution is 0.324. The monoisotopic (exact) mass is 277 g/mol. The second kappa shape index (κ2) is 9.23. The van der Waals surface area contributed by atoms with E-state index in [1.807, 2.05) is 12.1 Å². The van der Waals surface area contributed by atoms with Crippen LogP contribution in [0.4, 0.5) is 0 Å². The number of hydrogen-bond donors (Lipinski definition) is 2. The van der Waals surface area contributed by atoms with Crippen molar-refractivity contribution in [2.24, 2.45) is 4.99 Å². The number of aliphatic imine (C=N–C) groups is 1. The van der Waals surface area contributed by atoms with Gasteiger partial charge in [0.2, 0.25) is 0 Å². The Hall–Kier alpha value is -1.71. The summed E-state index contributed by atoms with van der Waals surface area (Å²) in [6.07, 6.45) is 0. The third-order valence-corrected chi connectivity index (χ3v) is 2.85. The average molecular weight is 277 g/mol. The molecular formula is C16H27N3O. The molecule has 0 heterocycles. The van der Waals surface area contributed by atoms with Crippen LogP contribution in [-0.2, 0) is 0 Å². The Kier molecular flexibility index (Phi) is 7.55. The Morgan fingerprint density at radius 2 is 1.80 bits per heavy atom. The number of nitrogens with one attached hydrogen (secondary N) is 2. The van der Waals surface area contributed by atoms with Crippen molar-refractivity contribution in [1.29, 1.82) is 0 Å². The van der Waals surface area contributed by atoms with Crippen molar-refractivity contribution in [3.63, 3.8) is 0 Å². The van der Waals surface area contributed by atoms with Gasteiger partial charge in [0.05, 0.1) is 6.54 Å². The first kappa shape index (κ1) is 16.3. The Morgan fingerprint density at radius 1 is 1.15 bits per heavy atom. The maximum absolute atomic E-state index is 5.84. The summed E-state index contributed by atoms with van der Waals surface area (Å²) in [5.41, 5.74) is 1.25. The van der Waals surface area contributed by atoms with Crippen molar-refractivity contribution in [2.45, 2.75) is 33.6 Å². The molecule has 0 aliphatic heterocycles. The summed E-state index contributed by atoms with van der Waals surface area (Å²) in [7, 11) is 0. The van der Waals surface area contributed by atoms with Gasteiger partial charge in [-0.3, -0.25) is 0 Å². The lowest BCUT2D eigenvalue weighted by Gasteiger charge is -2.13. The first-order valence-corrected chi connectivity index (χ1v) is 7.42. The second-order valence-corrected chi connectivity index (χ2v) is 4.83. The second-order valence-electron chi connectivity index (χ2n) is 4.83. The van der Waals surface area contributed by atoms with Crippen LogP contribution in [0.1, 0.15) is 39.2 Å². The predicted molar refractivity (Wildman–Crippen MR) is 85.7 cm³/mol. The van der Waals surface area contributed by atoms with E-state index >= 15 is 0 Å². The van der Waals surface area contributed by atoms with Crippen LogP contribution in [0.2, 0.25) is 0 Å². The largest absolute Gasteiger partial charge is 0.491 e. The third kappa shape index (κ3) is 5.51. The smallest absolute Gasteiger partial charge is 0.191 e. The Labute approximate surface area is 122 Å². The van der Waals surface area contributed by atoms with Gasteiger partial charge >= 0.3 is 0 Å². The van der Waals surface area contributed by atoms with Crippen LogP contribution in [-0.4, -0.2) is 32.2 Å². The van der Waals surface area contributed by atoms with Gasteiger partial charge in [0, 0.05) is 13.1 Å². The van der Waals surface area contributed by atoms with E-state index in [9.17, 15) is 0 Å². The van der Waals surface area contributed by atoms with Crippen molar-refractivity contribution in [2.75, 3.05) is 26.2 Å². The molecule has 0 atom stereocenters. The fraction of sp³-hybridized carbons (Fsp3) is 0.562. The molecule has 0 bridgehead atoms. The van der Waals surface area contributed by atoms with Gasteiger partial charge in [-0.25, -0.2) is 4.99 Å². The number of guanidine groups is 1. The fourth-order valence-electron chi connectivity index (χ4n) is 1.91. The number of hydrogen-bond acceptors (Lipinski definition) is 2. The van der Waals surface area contributed by atoms with Crippen molar-refractivity contribution in [3.05, 3.63) is 29.8 Å². The highest BCUT2D eigenvalue weighted by atomic mass is 16.5. The molecule has 0 saturated heterocycles. The van der Waals surface area contributed by atoms with E-state index in [0.717, 1.165) is 24.8 Å². The number of ether oxygens (including phenoxy) is 1. The quantitative estimate of drug-likeness (QED) is 0.457. The van der Waals surface area contributed by atoms with Crippen LogP contribution in [0, 0.1) is 0 Å². The lowest BCUT2D eigenvalue weighted by atomic mass is 10.0. The summed E-state index contributed by atoms with van der Waals surface area (Å²) in [6, 6.07) is 8.20. The highest BCUT2D eigenvalue weighted by molar-refractivity contribution is 5.79. The summed E-state index contributed by atoms with van der Waals surface area (Å²) in [6.45, 7) is 11.4. The van der Waals surface area contributed by atoms with Gasteiger partial charge in [-0.1, -0.05) is 32.0 Å². The summed E-state index contributed by atoms with van der Waals surface area (Å²) in [5.74, 6) is 2.27. The molecule has 0 aromatic heterocycles. The standard InChI is InChI=1S/C16H27N3O/c1-5-17-16(18-6-2)19-11-12-20-15-10-8-7-9-14(15)13(3)4/h7-10,13H,5-6,11-12H2,1-4H3,(H2,17,18,19). The first-order valence-electron chi connectivity index (χ1n) is 7.42. The maximum atomic E-state index is 5.84. The van der Waals surface area contributed by atoms with Crippen LogP contribution in [0.15, 0.2) is 29.3 Å². The van der Waals surface area contributed by atoms with E-state index in [-0.39, 0.29) is 0 Å². The van der Waals surface area contributed by atoms with Gasteiger partial charge in [0.25, 0.3) is 0 Å². The molecular weight excluding hydrogens is 250 g/mol. The van der Waals surface area contributed by atoms with Gasteiger partial charge < -0.3 is 15.4 Å². The predicted octanol–water partition coefficient (Wildman–Crippen LogP) is 2.76. The summed E-state index contributed by atoms with van der Waals surface area (Å²) in [5, 5.41) is 6.39. The zero-order valence-corrected chi connectivity index (χ0v) is 13.1. The Balaban J connectivity index is 2.49. The molecule has 4 heteroatoms. The molecule has 0 radical (unpaired) electrons. The van der Waals surface area contributed by atoms with Gasteiger partial charge in [-0.2, -0.15) is 0 Å². The highest BCUT2D eigenvalue weighted by Gasteiger charge is 2.06. The van der Waals surface area contributed by atoms with Crippen molar-refractivity contribution >= 4 is 5.96 Å². The molecule has 0 amide bonds. The van der Waals surface area contributed by atoms with E-state index in [1.54, 1.807) is 0 Å². The highest BCUT2D eigenvalue weighted by Crippen LogP contribution is 2.25. The molecule has 20 heavy (non-hydrogen) atoms. The molecule has 2 N–H and O–H groups in total. The third-order valence-electron chi connectivity index (χ3n) is 2.85. The topological polar surface area (TPSA) is 45.7 Å². The van der Waals surface area contributed by atoms with E-state index in [2.05, 4.69) is 55.5 Å². The minimum atomic E-state index is 0.466. The zero-order chi connectivity index (χ0) is 14.8. The molecule has 0 aliphatic rings. The summed E-state index contributed by atoms with van der Waals surface area (Å²) < 4.78 is 5.84. The Morgan fingerprint density at radius 3 is 2.40 bits per heavy atom. The van der Waals surface area contributed by atoms with Crippen molar-refractivity contribution in [3.8, 4) is 5.75 Å². The SMILES string of the molecule is CCNC(=NCCOc1ccccc1C(C)C)NCC.